The summed E-state index contributed by atoms with van der Waals surface area (Å²) in [5.74, 6) is 0. The average molecular weight is 369 g/mol. The molecule has 2 N–H and O–H groups in total. The second-order valence-corrected chi connectivity index (χ2v) is 5.66. The molecule has 0 saturated carbocycles. The molecule has 1 rings (SSSR count). The lowest BCUT2D eigenvalue weighted by molar-refractivity contribution is -0.119. The lowest BCUT2D eigenvalue weighted by Gasteiger charge is -2.29. The van der Waals surface area contributed by atoms with Gasteiger partial charge in [0, 0.05) is 22.7 Å². The normalized spacial score (nSPS) is 13.3. The van der Waals surface area contributed by atoms with Gasteiger partial charge in [-0.3, -0.25) is 0 Å². The lowest BCUT2D eigenvalue weighted by Crippen LogP contribution is -2.37. The maximum absolute atomic E-state index is 12.7. The molecule has 120 valence electrons. The number of nitrogens with zero attached hydrogens (tertiary/aromatic N) is 1. The van der Waals surface area contributed by atoms with Crippen LogP contribution in [0.3, 0.4) is 0 Å². The zero-order valence-corrected chi connectivity index (χ0v) is 13.6. The fourth-order valence-corrected chi connectivity index (χ4v) is 2.58. The number of anilines is 1. The van der Waals surface area contributed by atoms with Crippen molar-refractivity contribution in [2.75, 3.05) is 31.1 Å². The minimum absolute atomic E-state index is 0.0625. The van der Waals surface area contributed by atoms with Gasteiger partial charge in [-0.25, -0.2) is 0 Å². The summed E-state index contributed by atoms with van der Waals surface area (Å²) < 4.78 is 39.0. The Morgan fingerprint density at radius 3 is 2.57 bits per heavy atom. The summed E-state index contributed by atoms with van der Waals surface area (Å²) in [6.45, 7) is 3.08. The van der Waals surface area contributed by atoms with Gasteiger partial charge in [-0.2, -0.15) is 13.2 Å². The van der Waals surface area contributed by atoms with Crippen LogP contribution >= 0.6 is 15.9 Å². The Morgan fingerprint density at radius 1 is 1.38 bits per heavy atom. The largest absolute Gasteiger partial charge is 0.405 e. The third-order valence-corrected chi connectivity index (χ3v) is 3.54. The molecule has 0 spiro atoms. The first-order valence-corrected chi connectivity index (χ1v) is 7.53. The highest BCUT2D eigenvalue weighted by molar-refractivity contribution is 9.10. The monoisotopic (exact) mass is 368 g/mol. The summed E-state index contributed by atoms with van der Waals surface area (Å²) in [5, 5.41) is 12.2. The predicted octanol–water partition coefficient (Wildman–Crippen LogP) is 3.48. The smallest absolute Gasteiger partial charge is 0.395 e. The molecule has 0 bridgehead atoms. The molecule has 0 saturated heterocycles. The molecule has 0 aromatic heterocycles. The molecule has 0 aliphatic rings. The summed E-state index contributed by atoms with van der Waals surface area (Å²) >= 11 is 3.35. The van der Waals surface area contributed by atoms with Crippen molar-refractivity contribution in [1.82, 2.24) is 5.32 Å². The first-order chi connectivity index (χ1) is 9.78. The number of nitrogens with one attached hydrogen (secondary N) is 1. The van der Waals surface area contributed by atoms with Crippen molar-refractivity contribution in [2.45, 2.75) is 26.1 Å². The van der Waals surface area contributed by atoms with Crippen LogP contribution in [-0.4, -0.2) is 37.5 Å². The minimum Gasteiger partial charge on any atom is -0.395 e. The van der Waals surface area contributed by atoms with Crippen LogP contribution in [0, 0.1) is 0 Å². The molecule has 7 heteroatoms. The van der Waals surface area contributed by atoms with Crippen molar-refractivity contribution in [3.63, 3.8) is 0 Å². The quantitative estimate of drug-likeness (QED) is 0.773. The number of alkyl halides is 3. The molecule has 1 atom stereocenters. The van der Waals surface area contributed by atoms with Crippen LogP contribution in [-0.2, 0) is 0 Å². The Hall–Kier alpha value is -0.790. The Bertz CT molecular complexity index is 454. The predicted molar refractivity (Wildman–Crippen MR) is 81.6 cm³/mol. The van der Waals surface area contributed by atoms with Gasteiger partial charge >= 0.3 is 6.18 Å². The van der Waals surface area contributed by atoms with Crippen LogP contribution in [0.5, 0.6) is 0 Å². The lowest BCUT2D eigenvalue weighted by atomic mass is 10.0. The fraction of sp³-hybridized carbons (Fsp3) is 0.571. The van der Waals surface area contributed by atoms with E-state index in [1.54, 1.807) is 12.1 Å². The zero-order valence-electron chi connectivity index (χ0n) is 12.0. The van der Waals surface area contributed by atoms with E-state index in [0.29, 0.717) is 12.2 Å². The van der Waals surface area contributed by atoms with E-state index in [1.165, 1.54) is 0 Å². The summed E-state index contributed by atoms with van der Waals surface area (Å²) in [6.07, 6.45) is -4.32. The number of hydrogen-bond donors (Lipinski definition) is 2. The van der Waals surface area contributed by atoms with E-state index in [4.69, 9.17) is 5.11 Å². The van der Waals surface area contributed by atoms with Gasteiger partial charge in [0.2, 0.25) is 0 Å². The van der Waals surface area contributed by atoms with Crippen molar-refractivity contribution in [3.05, 3.63) is 28.2 Å². The molecular weight excluding hydrogens is 349 g/mol. The second kappa shape index (κ2) is 8.00. The highest BCUT2D eigenvalue weighted by Crippen LogP contribution is 2.31. The second-order valence-electron chi connectivity index (χ2n) is 4.74. The van der Waals surface area contributed by atoms with Gasteiger partial charge in [-0.05, 0) is 37.2 Å². The van der Waals surface area contributed by atoms with Gasteiger partial charge in [0.05, 0.1) is 6.61 Å². The van der Waals surface area contributed by atoms with Crippen LogP contribution in [0.2, 0.25) is 0 Å². The molecule has 0 aliphatic carbocycles. The van der Waals surface area contributed by atoms with E-state index in [2.05, 4.69) is 21.2 Å². The molecule has 0 heterocycles. The van der Waals surface area contributed by atoms with Crippen LogP contribution in [0.15, 0.2) is 22.7 Å². The van der Waals surface area contributed by atoms with Crippen LogP contribution in [0.25, 0.3) is 0 Å². The third kappa shape index (κ3) is 5.84. The maximum Gasteiger partial charge on any atom is 0.405 e. The molecule has 1 aromatic rings. The summed E-state index contributed by atoms with van der Waals surface area (Å²) in [7, 11) is 0. The molecule has 0 fully saturated rings. The van der Waals surface area contributed by atoms with Crippen molar-refractivity contribution in [3.8, 4) is 0 Å². The molecule has 0 amide bonds. The molecule has 3 nitrogen and oxygen atoms in total. The van der Waals surface area contributed by atoms with Crippen LogP contribution < -0.4 is 10.2 Å². The van der Waals surface area contributed by atoms with Gasteiger partial charge in [0.1, 0.15) is 6.54 Å². The fourth-order valence-electron chi connectivity index (χ4n) is 2.20. The number of rotatable bonds is 7. The van der Waals surface area contributed by atoms with Crippen LogP contribution in [0.1, 0.15) is 25.5 Å². The standard InChI is InChI=1S/C14H20BrF3N2O/c1-3-19-10(2)12-8-11(15)4-5-13(12)20(6-7-21)9-14(16,17)18/h4-5,8,10,19,21H,3,6-7,9H2,1-2H3. The highest BCUT2D eigenvalue weighted by atomic mass is 79.9. The van der Waals surface area contributed by atoms with Gasteiger partial charge in [0.25, 0.3) is 0 Å². The Balaban J connectivity index is 3.17. The summed E-state index contributed by atoms with van der Waals surface area (Å²) in [6, 6.07) is 5.08. The molecule has 21 heavy (non-hydrogen) atoms. The van der Waals surface area contributed by atoms with Gasteiger partial charge < -0.3 is 15.3 Å². The highest BCUT2D eigenvalue weighted by Gasteiger charge is 2.31. The SMILES string of the molecule is CCNC(C)c1cc(Br)ccc1N(CCO)CC(F)(F)F. The molecule has 1 unspecified atom stereocenters. The first kappa shape index (κ1) is 18.3. The number of benzene rings is 1. The molecule has 0 radical (unpaired) electrons. The summed E-state index contributed by atoms with van der Waals surface area (Å²) in [5.41, 5.74) is 1.25. The Labute approximate surface area is 131 Å². The van der Waals surface area contributed by atoms with Gasteiger partial charge in [-0.1, -0.05) is 22.9 Å². The Kier molecular flexibility index (Phi) is 6.96. The Morgan fingerprint density at radius 2 is 2.05 bits per heavy atom. The number of halogens is 4. The number of hydrogen-bond acceptors (Lipinski definition) is 3. The van der Waals surface area contributed by atoms with E-state index in [-0.39, 0.29) is 19.2 Å². The van der Waals surface area contributed by atoms with E-state index < -0.39 is 12.7 Å². The first-order valence-electron chi connectivity index (χ1n) is 6.74. The average Bonchev–Trinajstić information content (AvgIpc) is 2.37. The van der Waals surface area contributed by atoms with Crippen molar-refractivity contribution in [1.29, 1.82) is 0 Å². The van der Waals surface area contributed by atoms with Gasteiger partial charge in [-0.15, -0.1) is 0 Å². The van der Waals surface area contributed by atoms with Crippen molar-refractivity contribution in [2.24, 2.45) is 0 Å². The van der Waals surface area contributed by atoms with E-state index in [9.17, 15) is 13.2 Å². The van der Waals surface area contributed by atoms with E-state index in [1.807, 2.05) is 19.9 Å². The topological polar surface area (TPSA) is 35.5 Å². The van der Waals surface area contributed by atoms with Crippen molar-refractivity contribution >= 4 is 21.6 Å². The zero-order chi connectivity index (χ0) is 16.0. The van der Waals surface area contributed by atoms with E-state index in [0.717, 1.165) is 14.9 Å². The minimum atomic E-state index is -4.32. The summed E-state index contributed by atoms with van der Waals surface area (Å²) in [4.78, 5) is 1.16. The third-order valence-electron chi connectivity index (χ3n) is 3.05. The van der Waals surface area contributed by atoms with Crippen LogP contribution in [0.4, 0.5) is 18.9 Å². The maximum atomic E-state index is 12.7. The molecule has 1 aromatic carbocycles. The van der Waals surface area contributed by atoms with Crippen molar-refractivity contribution < 1.29 is 18.3 Å². The number of aliphatic hydroxyl groups excluding tert-OH is 1. The molecular formula is C14H20BrF3N2O. The van der Waals surface area contributed by atoms with Gasteiger partial charge in [0.15, 0.2) is 0 Å². The van der Waals surface area contributed by atoms with E-state index >= 15 is 0 Å². The number of aliphatic hydroxyl groups is 1. The molecule has 0 aliphatic heterocycles.